The Labute approximate surface area is 106 Å². The number of nitrogens with one attached hydrogen (secondary N) is 1. The van der Waals surface area contributed by atoms with Crippen molar-refractivity contribution in [2.45, 2.75) is 18.9 Å². The molecule has 5 heteroatoms. The summed E-state index contributed by atoms with van der Waals surface area (Å²) < 4.78 is 13.3. The van der Waals surface area contributed by atoms with Crippen LogP contribution in [0.5, 0.6) is 0 Å². The molecule has 4 nitrogen and oxygen atoms in total. The van der Waals surface area contributed by atoms with E-state index in [0.29, 0.717) is 0 Å². The number of para-hydroxylation sites is 1. The molecule has 0 bridgehead atoms. The fourth-order valence-electron chi connectivity index (χ4n) is 2.28. The molecule has 0 aromatic heterocycles. The van der Waals surface area contributed by atoms with Gasteiger partial charge in [-0.15, -0.1) is 0 Å². The van der Waals surface area contributed by atoms with Gasteiger partial charge in [-0.25, -0.2) is 4.39 Å². The second-order valence-corrected chi connectivity index (χ2v) is 4.78. The van der Waals surface area contributed by atoms with Gasteiger partial charge < -0.3 is 16.0 Å². The number of nitrogens with two attached hydrogens (primary N) is 1. The standard InChI is InChI=1S/C13H18FN3O/c1-17-7-3-4-9(8-17)16-13(18)10-5-2-6-11(14)12(10)15/h2,5-6,9H,3-4,7-8,15H2,1H3,(H,16,18). The van der Waals surface area contributed by atoms with E-state index in [0.717, 1.165) is 25.9 Å². The number of halogens is 1. The topological polar surface area (TPSA) is 58.4 Å². The van der Waals surface area contributed by atoms with E-state index in [2.05, 4.69) is 10.2 Å². The second-order valence-electron chi connectivity index (χ2n) is 4.78. The Hall–Kier alpha value is -1.62. The zero-order chi connectivity index (χ0) is 13.1. The minimum atomic E-state index is -0.552. The van der Waals surface area contributed by atoms with Crippen LogP contribution in [0.4, 0.5) is 10.1 Å². The molecule has 98 valence electrons. The van der Waals surface area contributed by atoms with Crippen LogP contribution in [0.15, 0.2) is 18.2 Å². The van der Waals surface area contributed by atoms with Crippen LogP contribution in [0.3, 0.4) is 0 Å². The van der Waals surface area contributed by atoms with Gasteiger partial charge >= 0.3 is 0 Å². The third-order valence-corrected chi connectivity index (χ3v) is 3.26. The first-order chi connectivity index (χ1) is 8.58. The normalized spacial score (nSPS) is 20.7. The number of anilines is 1. The van der Waals surface area contributed by atoms with Crippen LogP contribution in [0.25, 0.3) is 0 Å². The molecule has 1 aliphatic heterocycles. The molecular weight excluding hydrogens is 233 g/mol. The van der Waals surface area contributed by atoms with Gasteiger partial charge in [-0.1, -0.05) is 6.07 Å². The monoisotopic (exact) mass is 251 g/mol. The maximum absolute atomic E-state index is 13.3. The lowest BCUT2D eigenvalue weighted by Crippen LogP contribution is -2.46. The first-order valence-corrected chi connectivity index (χ1v) is 6.11. The third-order valence-electron chi connectivity index (χ3n) is 3.26. The number of benzene rings is 1. The van der Waals surface area contributed by atoms with Gasteiger partial charge in [-0.2, -0.15) is 0 Å². The number of rotatable bonds is 2. The molecule has 1 aromatic rings. The zero-order valence-corrected chi connectivity index (χ0v) is 10.4. The van der Waals surface area contributed by atoms with Crippen molar-refractivity contribution in [3.05, 3.63) is 29.6 Å². The van der Waals surface area contributed by atoms with Crippen molar-refractivity contribution in [3.63, 3.8) is 0 Å². The van der Waals surface area contributed by atoms with E-state index < -0.39 is 5.82 Å². The van der Waals surface area contributed by atoms with Crippen molar-refractivity contribution in [3.8, 4) is 0 Å². The van der Waals surface area contributed by atoms with Crippen LogP contribution in [-0.2, 0) is 0 Å². The van der Waals surface area contributed by atoms with E-state index in [1.54, 1.807) is 6.07 Å². The number of hydrogen-bond acceptors (Lipinski definition) is 3. The van der Waals surface area contributed by atoms with E-state index >= 15 is 0 Å². The summed E-state index contributed by atoms with van der Waals surface area (Å²) in [6.45, 7) is 1.87. The van der Waals surface area contributed by atoms with E-state index in [1.165, 1.54) is 12.1 Å². The molecule has 2 rings (SSSR count). The summed E-state index contributed by atoms with van der Waals surface area (Å²) in [5.74, 6) is -0.851. The maximum atomic E-state index is 13.3. The number of carbonyl (C=O) groups excluding carboxylic acids is 1. The highest BCUT2D eigenvalue weighted by molar-refractivity contribution is 5.99. The van der Waals surface area contributed by atoms with E-state index in [4.69, 9.17) is 5.73 Å². The molecule has 0 aliphatic carbocycles. The molecular formula is C13H18FN3O. The molecule has 1 unspecified atom stereocenters. The number of nitrogen functional groups attached to an aromatic ring is 1. The summed E-state index contributed by atoms with van der Waals surface area (Å²) in [5.41, 5.74) is 5.70. The summed E-state index contributed by atoms with van der Waals surface area (Å²) in [6.07, 6.45) is 2.01. The van der Waals surface area contributed by atoms with Crippen molar-refractivity contribution < 1.29 is 9.18 Å². The van der Waals surface area contributed by atoms with E-state index in [-0.39, 0.29) is 23.2 Å². The van der Waals surface area contributed by atoms with Gasteiger partial charge in [0.15, 0.2) is 0 Å². The predicted octanol–water partition coefficient (Wildman–Crippen LogP) is 1.23. The predicted molar refractivity (Wildman–Crippen MR) is 68.8 cm³/mol. The largest absolute Gasteiger partial charge is 0.396 e. The van der Waals surface area contributed by atoms with Crippen molar-refractivity contribution >= 4 is 11.6 Å². The lowest BCUT2D eigenvalue weighted by atomic mass is 10.1. The number of likely N-dealkylation sites (N-methyl/N-ethyl adjacent to an activating group) is 1. The summed E-state index contributed by atoms with van der Waals surface area (Å²) in [5, 5.41) is 2.91. The first-order valence-electron chi connectivity index (χ1n) is 6.11. The molecule has 1 saturated heterocycles. The highest BCUT2D eigenvalue weighted by Crippen LogP contribution is 2.16. The van der Waals surface area contributed by atoms with Gasteiger partial charge in [0.1, 0.15) is 5.82 Å². The van der Waals surface area contributed by atoms with Gasteiger partial charge in [0.05, 0.1) is 11.3 Å². The average molecular weight is 251 g/mol. The van der Waals surface area contributed by atoms with E-state index in [1.807, 2.05) is 7.05 Å². The lowest BCUT2D eigenvalue weighted by molar-refractivity contribution is 0.0913. The van der Waals surface area contributed by atoms with Crippen LogP contribution in [0.1, 0.15) is 23.2 Å². The highest BCUT2D eigenvalue weighted by Gasteiger charge is 2.21. The number of carbonyl (C=O) groups is 1. The van der Waals surface area contributed by atoms with Crippen LogP contribution < -0.4 is 11.1 Å². The Kier molecular flexibility index (Phi) is 3.81. The van der Waals surface area contributed by atoms with Crippen molar-refractivity contribution in [2.75, 3.05) is 25.9 Å². The summed E-state index contributed by atoms with van der Waals surface area (Å²) in [6, 6.07) is 4.40. The minimum Gasteiger partial charge on any atom is -0.396 e. The quantitative estimate of drug-likeness (QED) is 0.777. The Morgan fingerprint density at radius 1 is 1.56 bits per heavy atom. The number of amides is 1. The Morgan fingerprint density at radius 2 is 2.33 bits per heavy atom. The molecule has 1 fully saturated rings. The second kappa shape index (κ2) is 5.35. The molecule has 18 heavy (non-hydrogen) atoms. The fraction of sp³-hybridized carbons (Fsp3) is 0.462. The molecule has 0 saturated carbocycles. The smallest absolute Gasteiger partial charge is 0.253 e. The summed E-state index contributed by atoms with van der Waals surface area (Å²) in [7, 11) is 2.02. The van der Waals surface area contributed by atoms with Gasteiger partial charge in [-0.05, 0) is 38.6 Å². The Bertz CT molecular complexity index is 450. The van der Waals surface area contributed by atoms with Crippen LogP contribution >= 0.6 is 0 Å². The van der Waals surface area contributed by atoms with Crippen molar-refractivity contribution in [1.82, 2.24) is 10.2 Å². The van der Waals surface area contributed by atoms with Gasteiger partial charge in [-0.3, -0.25) is 4.79 Å². The number of nitrogens with zero attached hydrogens (tertiary/aromatic N) is 1. The number of piperidine rings is 1. The SMILES string of the molecule is CN1CCCC(NC(=O)c2cccc(F)c2N)C1. The molecule has 1 amide bonds. The zero-order valence-electron chi connectivity index (χ0n) is 10.4. The summed E-state index contributed by atoms with van der Waals surface area (Å²) in [4.78, 5) is 14.2. The Balaban J connectivity index is 2.05. The van der Waals surface area contributed by atoms with Crippen LogP contribution in [-0.4, -0.2) is 37.0 Å². The third kappa shape index (κ3) is 2.79. The van der Waals surface area contributed by atoms with Gasteiger partial charge in [0, 0.05) is 12.6 Å². The van der Waals surface area contributed by atoms with E-state index in [9.17, 15) is 9.18 Å². The van der Waals surface area contributed by atoms with Crippen molar-refractivity contribution in [1.29, 1.82) is 0 Å². The number of likely N-dealkylation sites (tertiary alicyclic amines) is 1. The molecule has 0 radical (unpaired) electrons. The number of hydrogen-bond donors (Lipinski definition) is 2. The van der Waals surface area contributed by atoms with Crippen LogP contribution in [0.2, 0.25) is 0 Å². The fourth-order valence-corrected chi connectivity index (χ4v) is 2.28. The van der Waals surface area contributed by atoms with Crippen LogP contribution in [0, 0.1) is 5.82 Å². The molecule has 3 N–H and O–H groups in total. The van der Waals surface area contributed by atoms with Gasteiger partial charge in [0.2, 0.25) is 0 Å². The highest BCUT2D eigenvalue weighted by atomic mass is 19.1. The molecule has 1 atom stereocenters. The Morgan fingerprint density at radius 3 is 3.06 bits per heavy atom. The molecule has 1 aromatic carbocycles. The van der Waals surface area contributed by atoms with Crippen molar-refractivity contribution in [2.24, 2.45) is 0 Å². The molecule has 0 spiro atoms. The minimum absolute atomic E-state index is 0.0841. The maximum Gasteiger partial charge on any atom is 0.253 e. The first kappa shape index (κ1) is 12.8. The summed E-state index contributed by atoms with van der Waals surface area (Å²) >= 11 is 0. The average Bonchev–Trinajstić information content (AvgIpc) is 2.32. The molecule has 1 heterocycles. The molecule has 1 aliphatic rings. The van der Waals surface area contributed by atoms with Gasteiger partial charge in [0.25, 0.3) is 5.91 Å². The lowest BCUT2D eigenvalue weighted by Gasteiger charge is -2.30.